The highest BCUT2D eigenvalue weighted by atomic mass is 16.5. The number of ether oxygens (including phenoxy) is 2. The van der Waals surface area contributed by atoms with Crippen molar-refractivity contribution in [1.29, 1.82) is 0 Å². The maximum Gasteiger partial charge on any atom is 0.320 e. The Morgan fingerprint density at radius 3 is 2.80 bits per heavy atom. The smallest absolute Gasteiger partial charge is 0.320 e. The third-order valence-electron chi connectivity index (χ3n) is 8.38. The number of nitrogens with zero attached hydrogens (tertiary/aromatic N) is 1. The van der Waals surface area contributed by atoms with Crippen molar-refractivity contribution in [3.8, 4) is 11.5 Å². The minimum absolute atomic E-state index is 0.0431. The summed E-state index contributed by atoms with van der Waals surface area (Å²) < 4.78 is 13.0. The summed E-state index contributed by atoms with van der Waals surface area (Å²) in [6.07, 6.45) is 3.05. The molecule has 3 N–H and O–H groups in total. The molecule has 1 aromatic rings. The van der Waals surface area contributed by atoms with Crippen LogP contribution in [0.15, 0.2) is 12.1 Å². The second kappa shape index (κ2) is 6.58. The van der Waals surface area contributed by atoms with E-state index in [1.54, 1.807) is 13.2 Å². The normalized spacial score (nSPS) is 37.6. The fourth-order valence-corrected chi connectivity index (χ4v) is 7.09. The minimum Gasteiger partial charge on any atom is -0.504 e. The van der Waals surface area contributed by atoms with Crippen LogP contribution in [0, 0.1) is 5.92 Å². The number of phenolic OH excluding ortho intramolecular Hbond substituents is 1. The standard InChI is InChI=1S/C23H32N2O5/c1-12(2)18(21(27)28)24-14-7-8-23(29-4)16-11-13-5-6-15(26)19-17(13)22(23,20(14)30-19)9-10-25(16)3/h5-6,12,14,16,18,20,24,26H,7-11H2,1-4H3,(H,27,28)/t14-,16?,18+,20-,22?,23+/m0/s1. The first kappa shape index (κ1) is 20.1. The average Bonchev–Trinajstić information content (AvgIpc) is 3.06. The predicted molar refractivity (Wildman–Crippen MR) is 111 cm³/mol. The lowest BCUT2D eigenvalue weighted by molar-refractivity contribution is -0.204. The molecule has 2 heterocycles. The zero-order chi connectivity index (χ0) is 21.4. The lowest BCUT2D eigenvalue weighted by Crippen LogP contribution is -2.78. The molecule has 2 unspecified atom stereocenters. The molecule has 2 bridgehead atoms. The second-order valence-corrected chi connectivity index (χ2v) is 9.87. The number of methoxy groups -OCH3 is 1. The van der Waals surface area contributed by atoms with E-state index in [0.717, 1.165) is 37.8 Å². The maximum absolute atomic E-state index is 11.9. The highest BCUT2D eigenvalue weighted by molar-refractivity contribution is 5.74. The van der Waals surface area contributed by atoms with Crippen LogP contribution in [0.1, 0.15) is 44.2 Å². The van der Waals surface area contributed by atoms with Gasteiger partial charge in [-0.1, -0.05) is 19.9 Å². The first-order chi connectivity index (χ1) is 14.3. The number of likely N-dealkylation sites (N-methyl/N-ethyl adjacent to an activating group) is 1. The Morgan fingerprint density at radius 2 is 2.13 bits per heavy atom. The van der Waals surface area contributed by atoms with Gasteiger partial charge in [0.1, 0.15) is 12.1 Å². The highest BCUT2D eigenvalue weighted by Crippen LogP contribution is 2.66. The van der Waals surface area contributed by atoms with Crippen molar-refractivity contribution in [1.82, 2.24) is 10.2 Å². The molecule has 4 aliphatic rings. The van der Waals surface area contributed by atoms with Crippen LogP contribution in [0.3, 0.4) is 0 Å². The summed E-state index contributed by atoms with van der Waals surface area (Å²) >= 11 is 0. The molecule has 2 aliphatic carbocycles. The number of hydrogen-bond donors (Lipinski definition) is 3. The topological polar surface area (TPSA) is 91.3 Å². The molecule has 7 heteroatoms. The third-order valence-corrected chi connectivity index (χ3v) is 8.38. The summed E-state index contributed by atoms with van der Waals surface area (Å²) in [7, 11) is 3.97. The number of carboxylic acid groups (broad SMARTS) is 1. The van der Waals surface area contributed by atoms with Crippen LogP contribution in [0.5, 0.6) is 11.5 Å². The van der Waals surface area contributed by atoms with Gasteiger partial charge in [-0.15, -0.1) is 0 Å². The van der Waals surface area contributed by atoms with E-state index in [-0.39, 0.29) is 29.9 Å². The van der Waals surface area contributed by atoms with Crippen molar-refractivity contribution in [3.05, 3.63) is 23.3 Å². The number of aromatic hydroxyl groups is 1. The van der Waals surface area contributed by atoms with Crippen LogP contribution < -0.4 is 10.1 Å². The van der Waals surface area contributed by atoms with Crippen LogP contribution in [0.25, 0.3) is 0 Å². The van der Waals surface area contributed by atoms with E-state index in [1.165, 1.54) is 5.56 Å². The molecule has 1 saturated carbocycles. The van der Waals surface area contributed by atoms with Crippen LogP contribution in [0.4, 0.5) is 0 Å². The maximum atomic E-state index is 11.9. The molecule has 0 aromatic heterocycles. The fraction of sp³-hybridized carbons (Fsp3) is 0.696. The lowest BCUT2D eigenvalue weighted by atomic mass is 9.48. The molecule has 2 aliphatic heterocycles. The van der Waals surface area contributed by atoms with Crippen LogP contribution in [-0.4, -0.2) is 71.6 Å². The zero-order valence-electron chi connectivity index (χ0n) is 18.1. The Morgan fingerprint density at radius 1 is 1.37 bits per heavy atom. The van der Waals surface area contributed by atoms with Crippen molar-refractivity contribution in [2.75, 3.05) is 20.7 Å². The van der Waals surface area contributed by atoms with E-state index in [0.29, 0.717) is 5.75 Å². The first-order valence-corrected chi connectivity index (χ1v) is 11.0. The first-order valence-electron chi connectivity index (χ1n) is 11.0. The number of phenols is 1. The largest absolute Gasteiger partial charge is 0.504 e. The molecule has 6 atom stereocenters. The number of rotatable bonds is 5. The van der Waals surface area contributed by atoms with Gasteiger partial charge in [0.05, 0.1) is 11.0 Å². The second-order valence-electron chi connectivity index (χ2n) is 9.87. The minimum atomic E-state index is -0.838. The number of hydrogen-bond acceptors (Lipinski definition) is 6. The quantitative estimate of drug-likeness (QED) is 0.675. The van der Waals surface area contributed by atoms with Crippen molar-refractivity contribution in [2.45, 2.75) is 74.8 Å². The summed E-state index contributed by atoms with van der Waals surface area (Å²) in [5.74, 6) is -0.141. The molecule has 30 heavy (non-hydrogen) atoms. The van der Waals surface area contributed by atoms with E-state index in [4.69, 9.17) is 9.47 Å². The van der Waals surface area contributed by atoms with Crippen molar-refractivity contribution >= 4 is 5.97 Å². The van der Waals surface area contributed by atoms with Gasteiger partial charge in [-0.3, -0.25) is 10.1 Å². The number of piperidine rings is 1. The van der Waals surface area contributed by atoms with Gasteiger partial charge >= 0.3 is 5.97 Å². The number of benzene rings is 1. The highest BCUT2D eigenvalue weighted by Gasteiger charge is 2.73. The SMILES string of the molecule is CO[C@@]12CC[C@H](N[C@@H](C(=O)O)C(C)C)[C@@H]3Oc4c(O)ccc5c4C31CCN(C)C2C5. The summed E-state index contributed by atoms with van der Waals surface area (Å²) in [5.41, 5.74) is 1.51. The number of carboxylic acids is 1. The Hall–Kier alpha value is -1.83. The van der Waals surface area contributed by atoms with Gasteiger partial charge in [-0.2, -0.15) is 0 Å². The average molecular weight is 417 g/mol. The van der Waals surface area contributed by atoms with E-state index in [9.17, 15) is 15.0 Å². The molecule has 1 spiro atoms. The molecule has 0 radical (unpaired) electrons. The summed E-state index contributed by atoms with van der Waals surface area (Å²) in [6, 6.07) is 3.21. The number of likely N-dealkylation sites (tertiary alicyclic amines) is 1. The fourth-order valence-electron chi connectivity index (χ4n) is 7.09. The number of nitrogens with one attached hydrogen (secondary N) is 1. The summed E-state index contributed by atoms with van der Waals surface area (Å²) in [5, 5.41) is 23.9. The molecular formula is C23H32N2O5. The summed E-state index contributed by atoms with van der Waals surface area (Å²) in [6.45, 7) is 4.77. The van der Waals surface area contributed by atoms with E-state index < -0.39 is 23.0 Å². The molecule has 5 rings (SSSR count). The van der Waals surface area contributed by atoms with Gasteiger partial charge in [0, 0.05) is 24.8 Å². The van der Waals surface area contributed by atoms with Crippen molar-refractivity contribution in [3.63, 3.8) is 0 Å². The van der Waals surface area contributed by atoms with E-state index >= 15 is 0 Å². The Labute approximate surface area is 177 Å². The van der Waals surface area contributed by atoms with Gasteiger partial charge in [0.2, 0.25) is 0 Å². The lowest BCUT2D eigenvalue weighted by Gasteiger charge is -2.65. The van der Waals surface area contributed by atoms with Gasteiger partial charge < -0.3 is 24.6 Å². The molecular weight excluding hydrogens is 384 g/mol. The molecule has 164 valence electrons. The molecule has 1 aromatic carbocycles. The van der Waals surface area contributed by atoms with Crippen molar-refractivity contribution in [2.24, 2.45) is 5.92 Å². The van der Waals surface area contributed by atoms with Gasteiger partial charge in [0.25, 0.3) is 0 Å². The molecule has 2 fully saturated rings. The third kappa shape index (κ3) is 2.29. The molecule has 0 amide bonds. The van der Waals surface area contributed by atoms with Crippen LogP contribution in [0.2, 0.25) is 0 Å². The monoisotopic (exact) mass is 416 g/mol. The summed E-state index contributed by atoms with van der Waals surface area (Å²) in [4.78, 5) is 14.3. The van der Waals surface area contributed by atoms with Gasteiger partial charge in [-0.25, -0.2) is 0 Å². The Balaban J connectivity index is 1.67. The van der Waals surface area contributed by atoms with Crippen LogP contribution in [-0.2, 0) is 21.4 Å². The number of carbonyl (C=O) groups is 1. The number of aliphatic carboxylic acids is 1. The predicted octanol–water partition coefficient (Wildman–Crippen LogP) is 1.90. The van der Waals surface area contributed by atoms with Gasteiger partial charge in [0.15, 0.2) is 11.5 Å². The van der Waals surface area contributed by atoms with Gasteiger partial charge in [-0.05, 0) is 56.8 Å². The Bertz CT molecular complexity index is 889. The van der Waals surface area contributed by atoms with Crippen LogP contribution >= 0.6 is 0 Å². The Kier molecular flexibility index (Phi) is 4.41. The van der Waals surface area contributed by atoms with E-state index in [1.807, 2.05) is 19.9 Å². The van der Waals surface area contributed by atoms with Crippen molar-refractivity contribution < 1.29 is 24.5 Å². The van der Waals surface area contributed by atoms with E-state index in [2.05, 4.69) is 17.3 Å². The molecule has 1 saturated heterocycles. The zero-order valence-corrected chi connectivity index (χ0v) is 18.1. The molecule has 7 nitrogen and oxygen atoms in total.